The summed E-state index contributed by atoms with van der Waals surface area (Å²) in [5.41, 5.74) is 3.06. The van der Waals surface area contributed by atoms with Gasteiger partial charge in [0.15, 0.2) is 5.78 Å². The van der Waals surface area contributed by atoms with E-state index in [2.05, 4.69) is 57.0 Å². The Hall–Kier alpha value is -2.40. The fraction of sp³-hybridized carbons (Fsp3) is 0.625. The van der Waals surface area contributed by atoms with Crippen molar-refractivity contribution in [3.05, 3.63) is 59.5 Å². The van der Waals surface area contributed by atoms with Crippen LogP contribution in [0.5, 0.6) is 0 Å². The smallest absolute Gasteiger partial charge is 0.308 e. The molecule has 0 radical (unpaired) electrons. The van der Waals surface area contributed by atoms with E-state index in [1.807, 2.05) is 18.3 Å². The summed E-state index contributed by atoms with van der Waals surface area (Å²) in [5.74, 6) is 0.819. The molecule has 2 fully saturated rings. The maximum Gasteiger partial charge on any atom is 0.308 e. The van der Waals surface area contributed by atoms with Crippen LogP contribution in [0.25, 0.3) is 0 Å². The normalized spacial score (nSPS) is 35.3. The molecule has 0 spiro atoms. The van der Waals surface area contributed by atoms with E-state index in [9.17, 15) is 14.7 Å². The Morgan fingerprint density at radius 1 is 1.19 bits per heavy atom. The highest BCUT2D eigenvalue weighted by Crippen LogP contribution is 2.50. The highest BCUT2D eigenvalue weighted by molar-refractivity contribution is 5.97. The van der Waals surface area contributed by atoms with Gasteiger partial charge in [-0.3, -0.25) is 9.59 Å². The predicted molar refractivity (Wildman–Crippen MR) is 147 cm³/mol. The van der Waals surface area contributed by atoms with Crippen molar-refractivity contribution in [2.24, 2.45) is 41.4 Å². The second kappa shape index (κ2) is 12.0. The zero-order valence-corrected chi connectivity index (χ0v) is 23.2. The van der Waals surface area contributed by atoms with Crippen LogP contribution in [0.3, 0.4) is 0 Å². The lowest BCUT2D eigenvalue weighted by atomic mass is 9.67. The van der Waals surface area contributed by atoms with Crippen molar-refractivity contribution in [1.82, 2.24) is 4.98 Å². The van der Waals surface area contributed by atoms with Gasteiger partial charge in [-0.25, -0.2) is 0 Å². The first kappa shape index (κ1) is 27.6. The maximum absolute atomic E-state index is 13.7. The van der Waals surface area contributed by atoms with E-state index in [4.69, 9.17) is 4.74 Å². The number of aromatic amines is 1. The summed E-state index contributed by atoms with van der Waals surface area (Å²) < 4.78 is 6.41. The molecule has 3 aliphatic rings. The lowest BCUT2D eigenvalue weighted by Crippen LogP contribution is -2.40. The van der Waals surface area contributed by atoms with Crippen LogP contribution in [0, 0.1) is 41.4 Å². The Morgan fingerprint density at radius 3 is 2.62 bits per heavy atom. The van der Waals surface area contributed by atoms with E-state index in [1.165, 1.54) is 12.0 Å². The van der Waals surface area contributed by atoms with Gasteiger partial charge in [-0.1, -0.05) is 57.1 Å². The monoisotopic (exact) mass is 507 g/mol. The van der Waals surface area contributed by atoms with Gasteiger partial charge in [0.1, 0.15) is 0 Å². The van der Waals surface area contributed by atoms with Crippen LogP contribution in [0.1, 0.15) is 83.6 Å². The van der Waals surface area contributed by atoms with Crippen molar-refractivity contribution in [3.8, 4) is 0 Å². The molecule has 5 heteroatoms. The van der Waals surface area contributed by atoms with Crippen molar-refractivity contribution in [3.63, 3.8) is 0 Å². The van der Waals surface area contributed by atoms with Crippen LogP contribution in [-0.4, -0.2) is 34.1 Å². The van der Waals surface area contributed by atoms with Crippen molar-refractivity contribution in [2.45, 2.75) is 85.4 Å². The summed E-state index contributed by atoms with van der Waals surface area (Å²) in [7, 11) is 0. The number of aromatic nitrogens is 1. The number of allylic oxidation sites excluding steroid dienone is 5. The van der Waals surface area contributed by atoms with Crippen LogP contribution in [-0.2, 0) is 9.53 Å². The van der Waals surface area contributed by atoms with Gasteiger partial charge in [0, 0.05) is 18.0 Å². The fourth-order valence-corrected chi connectivity index (χ4v) is 7.17. The molecule has 202 valence electrons. The van der Waals surface area contributed by atoms with Crippen LogP contribution in [0.15, 0.2) is 53.8 Å². The molecule has 0 aromatic carbocycles. The molecule has 1 aromatic heterocycles. The van der Waals surface area contributed by atoms with E-state index in [0.717, 1.165) is 37.7 Å². The second-order valence-electron chi connectivity index (χ2n) is 11.7. The number of H-pyrrole nitrogens is 1. The SMILES string of the molecule is CC/C(=C\C(C)=C\[C@@H]1C=C[C@@H]2[C@@H](CC)CC[C@H]2C1C(=O)c1ccc[nH]1)[C@@H]1O[C@@H]([C@@H](C)C(=O)O)CC[C@@H]1C. The number of ketones is 1. The average molecular weight is 508 g/mol. The number of hydrogen-bond acceptors (Lipinski definition) is 3. The van der Waals surface area contributed by atoms with Crippen molar-refractivity contribution in [1.29, 1.82) is 0 Å². The number of rotatable bonds is 9. The van der Waals surface area contributed by atoms with Gasteiger partial charge in [-0.15, -0.1) is 0 Å². The number of carbonyl (C=O) groups excluding carboxylic acids is 1. The lowest BCUT2D eigenvalue weighted by molar-refractivity contribution is -0.152. The third-order valence-corrected chi connectivity index (χ3v) is 9.37. The van der Waals surface area contributed by atoms with Crippen LogP contribution in [0.4, 0.5) is 0 Å². The molecule has 1 saturated heterocycles. The highest BCUT2D eigenvalue weighted by Gasteiger charge is 2.46. The maximum atomic E-state index is 13.7. The molecular weight excluding hydrogens is 462 g/mol. The van der Waals surface area contributed by atoms with Gasteiger partial charge in [0.2, 0.25) is 0 Å². The molecule has 1 unspecified atom stereocenters. The Kier molecular flexibility index (Phi) is 8.94. The van der Waals surface area contributed by atoms with Gasteiger partial charge in [0.05, 0.1) is 23.8 Å². The molecule has 2 heterocycles. The van der Waals surface area contributed by atoms with E-state index in [-0.39, 0.29) is 29.8 Å². The zero-order chi connectivity index (χ0) is 26.7. The molecule has 4 rings (SSSR count). The summed E-state index contributed by atoms with van der Waals surface area (Å²) in [6, 6.07) is 3.81. The topological polar surface area (TPSA) is 79.4 Å². The van der Waals surface area contributed by atoms with Gasteiger partial charge >= 0.3 is 5.97 Å². The minimum absolute atomic E-state index is 0.0516. The largest absolute Gasteiger partial charge is 0.481 e. The Morgan fingerprint density at radius 2 is 1.97 bits per heavy atom. The van der Waals surface area contributed by atoms with E-state index >= 15 is 0 Å². The number of fused-ring (bicyclic) bond motifs is 1. The Bertz CT molecular complexity index is 1040. The average Bonchev–Trinajstić information content (AvgIpc) is 3.57. The molecule has 0 amide bonds. The first-order valence-corrected chi connectivity index (χ1v) is 14.4. The minimum Gasteiger partial charge on any atom is -0.481 e. The second-order valence-corrected chi connectivity index (χ2v) is 11.7. The van der Waals surface area contributed by atoms with E-state index < -0.39 is 11.9 Å². The lowest BCUT2D eigenvalue weighted by Gasteiger charge is -2.38. The summed E-state index contributed by atoms with van der Waals surface area (Å²) in [6.45, 7) is 10.5. The third-order valence-electron chi connectivity index (χ3n) is 9.37. The number of carboxylic acid groups (broad SMARTS) is 1. The Labute approximate surface area is 222 Å². The van der Waals surface area contributed by atoms with Crippen LogP contribution in [0.2, 0.25) is 0 Å². The molecule has 37 heavy (non-hydrogen) atoms. The number of carboxylic acids is 1. The number of hydrogen-bond donors (Lipinski definition) is 2. The number of ether oxygens (including phenoxy) is 1. The summed E-state index contributed by atoms with van der Waals surface area (Å²) >= 11 is 0. The van der Waals surface area contributed by atoms with Crippen molar-refractivity contribution in [2.75, 3.05) is 0 Å². The van der Waals surface area contributed by atoms with Gasteiger partial charge in [0.25, 0.3) is 0 Å². The Balaban J connectivity index is 1.60. The first-order valence-electron chi connectivity index (χ1n) is 14.4. The van der Waals surface area contributed by atoms with Crippen LogP contribution >= 0.6 is 0 Å². The number of aliphatic carboxylic acids is 1. The third kappa shape index (κ3) is 5.87. The molecule has 1 aliphatic heterocycles. The predicted octanol–water partition coefficient (Wildman–Crippen LogP) is 7.24. The summed E-state index contributed by atoms with van der Waals surface area (Å²) in [4.78, 5) is 28.5. The standard InChI is InChI=1S/C32H45NO4/c1-6-22-11-14-26-25(22)13-12-24(29(26)30(34)27-9-8-16-33-27)18-19(3)17-23(7-2)31-20(4)10-15-28(37-31)21(5)32(35)36/h8-9,12-13,16-18,20-22,24-26,28-29,31,33H,6-7,10-11,14-15H2,1-5H3,(H,35,36)/b19-18+,23-17+/t20-,21+,22-,24-,25+,26+,28+,29?,31+/m0/s1. The molecule has 2 N–H and O–H groups in total. The van der Waals surface area contributed by atoms with Crippen molar-refractivity contribution < 1.29 is 19.4 Å². The van der Waals surface area contributed by atoms with Crippen molar-refractivity contribution >= 4 is 11.8 Å². The first-order chi connectivity index (χ1) is 17.7. The van der Waals surface area contributed by atoms with E-state index in [0.29, 0.717) is 29.4 Å². The molecule has 5 nitrogen and oxygen atoms in total. The zero-order valence-electron chi connectivity index (χ0n) is 23.2. The van der Waals surface area contributed by atoms with E-state index in [1.54, 1.807) is 6.92 Å². The highest BCUT2D eigenvalue weighted by atomic mass is 16.5. The van der Waals surface area contributed by atoms with Crippen LogP contribution < -0.4 is 0 Å². The molecule has 0 bridgehead atoms. The summed E-state index contributed by atoms with van der Waals surface area (Å²) in [5, 5.41) is 9.51. The molecular formula is C32H45NO4. The number of nitrogens with one attached hydrogen (secondary N) is 1. The summed E-state index contributed by atoms with van der Waals surface area (Å²) in [6.07, 6.45) is 16.8. The fourth-order valence-electron chi connectivity index (χ4n) is 7.17. The molecule has 1 saturated carbocycles. The number of Topliss-reactive ketones (excluding diaryl/α,β-unsaturated/α-hetero) is 1. The van der Waals surface area contributed by atoms with Gasteiger partial charge in [-0.05, 0) is 87.3 Å². The molecule has 9 atom stereocenters. The minimum atomic E-state index is -0.797. The molecule has 1 aromatic rings. The van der Waals surface area contributed by atoms with Gasteiger partial charge < -0.3 is 14.8 Å². The quantitative estimate of drug-likeness (QED) is 0.210. The van der Waals surface area contributed by atoms with Gasteiger partial charge in [-0.2, -0.15) is 0 Å². The number of carbonyl (C=O) groups is 2. The molecule has 2 aliphatic carbocycles.